The molecule has 2 heterocycles. The molecule has 5 atom stereocenters. The van der Waals surface area contributed by atoms with Crippen molar-refractivity contribution in [2.45, 2.75) is 63.4 Å². The minimum absolute atomic E-state index is 0.184. The molecule has 4 aromatic carbocycles. The van der Waals surface area contributed by atoms with Crippen LogP contribution in [0.2, 0.25) is 0 Å². The van der Waals surface area contributed by atoms with E-state index in [0.717, 1.165) is 28.4 Å². The first-order chi connectivity index (χ1) is 24.5. The predicted molar refractivity (Wildman–Crippen MR) is 200 cm³/mol. The van der Waals surface area contributed by atoms with Crippen LogP contribution in [0.15, 0.2) is 97.1 Å². The van der Waals surface area contributed by atoms with Gasteiger partial charge in [-0.25, -0.2) is 9.59 Å². The Kier molecular flexibility index (Phi) is 11.0. The van der Waals surface area contributed by atoms with Gasteiger partial charge in [-0.3, -0.25) is 0 Å². The van der Waals surface area contributed by atoms with Crippen molar-refractivity contribution in [1.82, 2.24) is 15.1 Å². The first kappa shape index (κ1) is 36.0. The van der Waals surface area contributed by atoms with Gasteiger partial charge in [0.25, 0.3) is 0 Å². The van der Waals surface area contributed by atoms with Gasteiger partial charge in [-0.2, -0.15) is 0 Å². The number of methoxy groups -OCH3 is 1. The second kappa shape index (κ2) is 15.6. The zero-order valence-corrected chi connectivity index (χ0v) is 30.3. The van der Waals surface area contributed by atoms with E-state index >= 15 is 4.79 Å². The Labute approximate surface area is 301 Å². The molecular weight excluding hydrogens is 665 g/mol. The number of carbonyl (C=O) groups is 2. The normalized spacial score (nSPS) is 21.1. The minimum atomic E-state index is -0.938. The van der Waals surface area contributed by atoms with Gasteiger partial charge in [0.1, 0.15) is 23.7 Å². The molecule has 4 aromatic rings. The lowest BCUT2D eigenvalue weighted by Gasteiger charge is -2.37. The van der Waals surface area contributed by atoms with Gasteiger partial charge in [0.15, 0.2) is 5.79 Å². The van der Waals surface area contributed by atoms with Crippen molar-refractivity contribution in [1.29, 1.82) is 0 Å². The molecule has 0 aliphatic carbocycles. The zero-order chi connectivity index (χ0) is 36.1. The minimum Gasteiger partial charge on any atom is -0.497 e. The van der Waals surface area contributed by atoms with Crippen molar-refractivity contribution in [3.8, 4) is 11.5 Å². The Morgan fingerprint density at radius 3 is 2.00 bits per heavy atom. The number of carbonyl (C=O) groups excluding carboxylic acids is 2. The number of nitrogens with one attached hydrogen (secondary N) is 1. The van der Waals surface area contributed by atoms with Crippen LogP contribution < -0.4 is 26.3 Å². The molecule has 0 spiro atoms. The number of hydrogen-bond acceptors (Lipinski definition) is 8. The predicted octanol–water partition coefficient (Wildman–Crippen LogP) is 6.13. The molecule has 5 N–H and O–H groups in total. The van der Waals surface area contributed by atoms with E-state index in [1.807, 2.05) is 109 Å². The van der Waals surface area contributed by atoms with Gasteiger partial charge in [0.05, 0.1) is 19.2 Å². The molecule has 0 aromatic heterocycles. The van der Waals surface area contributed by atoms with Gasteiger partial charge in [-0.05, 0) is 97.2 Å². The number of hydrogen-bond donors (Lipinski definition) is 3. The van der Waals surface area contributed by atoms with Crippen LogP contribution >= 0.6 is 9.24 Å². The number of benzene rings is 4. The summed E-state index contributed by atoms with van der Waals surface area (Å²) in [5.41, 5.74) is 17.3. The maximum absolute atomic E-state index is 15.3. The molecule has 0 bridgehead atoms. The molecule has 0 saturated carbocycles. The second-order valence-electron chi connectivity index (χ2n) is 13.3. The smallest absolute Gasteiger partial charge is 0.412 e. The monoisotopic (exact) mass is 711 g/mol. The largest absolute Gasteiger partial charge is 0.497 e. The molecule has 0 radical (unpaired) electrons. The molecule has 2 fully saturated rings. The summed E-state index contributed by atoms with van der Waals surface area (Å²) in [5, 5.41) is 2.70. The number of rotatable bonds is 11. The van der Waals surface area contributed by atoms with Crippen molar-refractivity contribution in [3.63, 3.8) is 0 Å². The summed E-state index contributed by atoms with van der Waals surface area (Å²) in [6.07, 6.45) is -0.426. The number of fused-ring (bicyclic) bond motifs is 1. The number of amides is 3. The van der Waals surface area contributed by atoms with Crippen molar-refractivity contribution >= 4 is 32.7 Å². The van der Waals surface area contributed by atoms with Crippen LogP contribution in [0.25, 0.3) is 0 Å². The first-order valence-electron chi connectivity index (χ1n) is 17.0. The van der Waals surface area contributed by atoms with Crippen molar-refractivity contribution in [2.24, 2.45) is 0 Å². The molecule has 6 rings (SSSR count). The summed E-state index contributed by atoms with van der Waals surface area (Å²) in [6, 6.07) is 29.1. The summed E-state index contributed by atoms with van der Waals surface area (Å²) in [7, 11) is 4.19. The fourth-order valence-electron chi connectivity index (χ4n) is 6.92. The Morgan fingerprint density at radius 1 is 0.824 bits per heavy atom. The highest BCUT2D eigenvalue weighted by Gasteiger charge is 2.56. The maximum Gasteiger partial charge on any atom is 0.412 e. The quantitative estimate of drug-likeness (QED) is 0.125. The summed E-state index contributed by atoms with van der Waals surface area (Å²) >= 11 is 0. The lowest BCUT2D eigenvalue weighted by Crippen LogP contribution is -2.50. The van der Waals surface area contributed by atoms with E-state index in [0.29, 0.717) is 35.8 Å². The highest BCUT2D eigenvalue weighted by Crippen LogP contribution is 2.45. The van der Waals surface area contributed by atoms with Gasteiger partial charge < -0.3 is 45.5 Å². The van der Waals surface area contributed by atoms with Crippen LogP contribution in [-0.2, 0) is 29.0 Å². The second-order valence-corrected chi connectivity index (χ2v) is 13.9. The van der Waals surface area contributed by atoms with E-state index in [9.17, 15) is 4.79 Å². The SMILES string of the molecule is COc1ccc(C2[C@@H]3OC(C)(C)O[C@H]3[C@@H](Cc3ccc(OC(=O)NCCP)cc3)N(Cc3cccc(N)c3)C(=O)N2Cc2cccc(N)c2)cc1. The van der Waals surface area contributed by atoms with Gasteiger partial charge in [-0.15, -0.1) is 9.24 Å². The van der Waals surface area contributed by atoms with Crippen LogP contribution in [0.4, 0.5) is 21.0 Å². The molecule has 11 nitrogen and oxygen atoms in total. The first-order valence-corrected chi connectivity index (χ1v) is 17.9. The summed E-state index contributed by atoms with van der Waals surface area (Å²) in [4.78, 5) is 31.2. The number of nitrogens with zero attached hydrogens (tertiary/aromatic N) is 2. The van der Waals surface area contributed by atoms with Crippen molar-refractivity contribution in [2.75, 3.05) is 31.3 Å². The van der Waals surface area contributed by atoms with Gasteiger partial charge in [0.2, 0.25) is 0 Å². The van der Waals surface area contributed by atoms with E-state index in [1.54, 1.807) is 19.2 Å². The Morgan fingerprint density at radius 2 is 1.41 bits per heavy atom. The van der Waals surface area contributed by atoms with Crippen LogP contribution in [0, 0.1) is 0 Å². The Hall–Kier alpha value is -4.83. The molecule has 3 amide bonds. The Balaban J connectivity index is 1.45. The van der Waals surface area contributed by atoms with Crippen LogP contribution in [0.3, 0.4) is 0 Å². The average Bonchev–Trinajstić information content (AvgIpc) is 3.40. The highest BCUT2D eigenvalue weighted by atomic mass is 31.0. The maximum atomic E-state index is 15.3. The standard InChI is InChI=1S/C39H46N5O6P/c1-39(2)49-35-33(22-25-10-14-32(15-11-25)48-37(45)42-18-19-51)43(23-26-6-4-8-29(40)20-26)38(46)44(24-27-7-5-9-30(41)21-27)34(36(35)50-39)28-12-16-31(47-3)17-13-28/h4-17,20-21,33-36H,18-19,22-24,40-41,51H2,1-3H3,(H,42,45)/t33-,34?,35+,36+/m1/s1. The summed E-state index contributed by atoms with van der Waals surface area (Å²) in [5.74, 6) is 0.185. The average molecular weight is 712 g/mol. The number of nitrogens with two attached hydrogens (primary N) is 2. The third kappa shape index (κ3) is 8.56. The van der Waals surface area contributed by atoms with Crippen LogP contribution in [0.1, 0.15) is 42.1 Å². The molecule has 2 aliphatic rings. The van der Waals surface area contributed by atoms with Gasteiger partial charge in [-0.1, -0.05) is 48.5 Å². The van der Waals surface area contributed by atoms with Crippen molar-refractivity contribution < 1.29 is 28.5 Å². The van der Waals surface area contributed by atoms with Crippen molar-refractivity contribution in [3.05, 3.63) is 119 Å². The highest BCUT2D eigenvalue weighted by molar-refractivity contribution is 7.16. The third-order valence-corrected chi connectivity index (χ3v) is 9.43. The molecule has 12 heteroatoms. The van der Waals surface area contributed by atoms with E-state index in [-0.39, 0.29) is 19.1 Å². The Bertz CT molecular complexity index is 1820. The summed E-state index contributed by atoms with van der Waals surface area (Å²) in [6.45, 7) is 4.86. The number of ether oxygens (including phenoxy) is 4. The molecule has 268 valence electrons. The van der Waals surface area contributed by atoms with Crippen LogP contribution in [-0.4, -0.2) is 65.8 Å². The summed E-state index contributed by atoms with van der Waals surface area (Å²) < 4.78 is 24.5. The molecule has 2 saturated heterocycles. The van der Waals surface area contributed by atoms with Gasteiger partial charge >= 0.3 is 12.1 Å². The zero-order valence-electron chi connectivity index (χ0n) is 29.2. The lowest BCUT2D eigenvalue weighted by atomic mass is 9.90. The van der Waals surface area contributed by atoms with Gasteiger partial charge in [0, 0.05) is 31.0 Å². The number of nitrogen functional groups attached to an aromatic ring is 2. The molecule has 2 unspecified atom stereocenters. The van der Waals surface area contributed by atoms with Crippen LogP contribution in [0.5, 0.6) is 11.5 Å². The number of anilines is 2. The number of urea groups is 1. The topological polar surface area (TPSA) is 142 Å². The van der Waals surface area contributed by atoms with E-state index < -0.39 is 36.2 Å². The fourth-order valence-corrected chi connectivity index (χ4v) is 7.06. The van der Waals surface area contributed by atoms with E-state index in [4.69, 9.17) is 30.4 Å². The molecule has 2 aliphatic heterocycles. The fraction of sp³-hybridized carbons (Fsp3) is 0.333. The lowest BCUT2D eigenvalue weighted by molar-refractivity contribution is -0.158. The molecular formula is C39H46N5O6P. The van der Waals surface area contributed by atoms with E-state index in [1.165, 1.54) is 0 Å². The molecule has 51 heavy (non-hydrogen) atoms. The van der Waals surface area contributed by atoms with E-state index in [2.05, 4.69) is 14.6 Å². The third-order valence-electron chi connectivity index (χ3n) is 9.14.